The number of hydrogen-bond donors (Lipinski definition) is 1. The summed E-state index contributed by atoms with van der Waals surface area (Å²) in [6.07, 6.45) is 3.92. The molecular formula is C25H28BN5O2. The Labute approximate surface area is 195 Å². The van der Waals surface area contributed by atoms with Crippen LogP contribution in [0.4, 0.5) is 5.69 Å². The first kappa shape index (κ1) is 22.8. The van der Waals surface area contributed by atoms with Gasteiger partial charge in [-0.1, -0.05) is 66.8 Å². The van der Waals surface area contributed by atoms with E-state index in [4.69, 9.17) is 7.85 Å². The van der Waals surface area contributed by atoms with Crippen LogP contribution in [0.3, 0.4) is 0 Å². The van der Waals surface area contributed by atoms with E-state index < -0.39 is 0 Å². The molecule has 7 nitrogen and oxygen atoms in total. The molecule has 0 atom stereocenters. The highest BCUT2D eigenvalue weighted by Crippen LogP contribution is 2.41. The summed E-state index contributed by atoms with van der Waals surface area (Å²) in [6.45, 7) is 1.13. The van der Waals surface area contributed by atoms with E-state index in [-0.39, 0.29) is 24.7 Å². The van der Waals surface area contributed by atoms with Gasteiger partial charge in [-0.2, -0.15) is 0 Å². The number of nitrogens with one attached hydrogen (secondary N) is 1. The number of aromatic nitrogens is 3. The summed E-state index contributed by atoms with van der Waals surface area (Å²) in [4.78, 5) is 26.9. The second-order valence-electron chi connectivity index (χ2n) is 8.19. The Hall–Kier alpha value is -3.42. The molecule has 8 heteroatoms. The van der Waals surface area contributed by atoms with E-state index in [1.54, 1.807) is 11.9 Å². The van der Waals surface area contributed by atoms with Crippen molar-refractivity contribution in [1.82, 2.24) is 20.3 Å². The van der Waals surface area contributed by atoms with Gasteiger partial charge in [0.05, 0.1) is 25.8 Å². The number of fused-ring (bicyclic) bond motifs is 5. The molecule has 33 heavy (non-hydrogen) atoms. The number of unbranched alkanes of at least 4 members (excludes halogenated alkanes) is 2. The lowest BCUT2D eigenvalue weighted by Crippen LogP contribution is -2.33. The lowest BCUT2D eigenvalue weighted by Gasteiger charge is -2.28. The minimum absolute atomic E-state index is 0.0914. The number of amides is 2. The van der Waals surface area contributed by atoms with Crippen molar-refractivity contribution in [1.29, 1.82) is 0 Å². The molecule has 0 saturated heterocycles. The highest BCUT2D eigenvalue weighted by Gasteiger charge is 2.29. The monoisotopic (exact) mass is 441 g/mol. The largest absolute Gasteiger partial charge is 0.359 e. The molecule has 0 fully saturated rings. The number of benzene rings is 2. The second kappa shape index (κ2) is 10.5. The van der Waals surface area contributed by atoms with Gasteiger partial charge in [0.15, 0.2) is 0 Å². The zero-order valence-electron chi connectivity index (χ0n) is 19.0. The smallest absolute Gasteiger partial charge is 0.227 e. The molecule has 2 heterocycles. The quantitative estimate of drug-likeness (QED) is 0.427. The van der Waals surface area contributed by atoms with Crippen molar-refractivity contribution in [2.45, 2.75) is 51.5 Å². The maximum absolute atomic E-state index is 13.3. The molecule has 1 aliphatic rings. The van der Waals surface area contributed by atoms with Crippen LogP contribution >= 0.6 is 0 Å². The summed E-state index contributed by atoms with van der Waals surface area (Å²) in [5.74, 6) is -0.239. The van der Waals surface area contributed by atoms with E-state index >= 15 is 0 Å². The molecule has 0 bridgehead atoms. The number of nitrogens with zero attached hydrogens (tertiary/aromatic N) is 4. The molecule has 3 aromatic rings. The highest BCUT2D eigenvalue weighted by atomic mass is 16.2. The number of rotatable bonds is 8. The van der Waals surface area contributed by atoms with Gasteiger partial charge in [-0.25, -0.2) is 4.68 Å². The standard InChI is InChI=1S/C25H28BN5O2/c1-27-22(32)13-14-23(33)30-17-18-9-3-4-10-19(18)24-25(20-11-5-6-12-21(20)30)31(29-28-24)16-8-2-7-15-26/h3-6,9-12H,2,7-8,13-17H2,1H3,(H,27,32). The molecule has 168 valence electrons. The zero-order valence-corrected chi connectivity index (χ0v) is 19.0. The lowest BCUT2D eigenvalue weighted by molar-refractivity contribution is -0.125. The number of aryl methyl sites for hydroxylation is 1. The van der Waals surface area contributed by atoms with E-state index in [1.165, 1.54) is 0 Å². The van der Waals surface area contributed by atoms with Crippen LogP contribution in [0, 0.1) is 0 Å². The van der Waals surface area contributed by atoms with Gasteiger partial charge < -0.3 is 10.2 Å². The third kappa shape index (κ3) is 4.84. The van der Waals surface area contributed by atoms with Crippen molar-refractivity contribution >= 4 is 25.3 Å². The number of carbonyl (C=O) groups excluding carboxylic acids is 2. The topological polar surface area (TPSA) is 80.1 Å². The first-order chi connectivity index (χ1) is 16.1. The van der Waals surface area contributed by atoms with Gasteiger partial charge >= 0.3 is 0 Å². The van der Waals surface area contributed by atoms with E-state index in [0.29, 0.717) is 12.9 Å². The Balaban J connectivity index is 1.80. The number of anilines is 1. The van der Waals surface area contributed by atoms with E-state index in [9.17, 15) is 9.59 Å². The van der Waals surface area contributed by atoms with Gasteiger partial charge in [-0.05, 0) is 18.1 Å². The summed E-state index contributed by atoms with van der Waals surface area (Å²) in [7, 11) is 7.23. The van der Waals surface area contributed by atoms with Gasteiger partial charge in [0.1, 0.15) is 5.69 Å². The SMILES string of the molecule is [B]CCCCCn1nnc2c1-c1ccccc1N(C(=O)CCC(=O)NC)Cc1ccccc1-2. The fraction of sp³-hybridized carbons (Fsp3) is 0.360. The first-order valence-corrected chi connectivity index (χ1v) is 11.5. The van der Waals surface area contributed by atoms with Crippen molar-refractivity contribution in [3.63, 3.8) is 0 Å². The summed E-state index contributed by atoms with van der Waals surface area (Å²) in [6, 6.07) is 15.9. The molecule has 2 aromatic carbocycles. The minimum atomic E-state index is -0.147. The van der Waals surface area contributed by atoms with Crippen molar-refractivity contribution in [2.75, 3.05) is 11.9 Å². The van der Waals surface area contributed by atoms with Crippen molar-refractivity contribution in [3.05, 3.63) is 54.1 Å². The molecular weight excluding hydrogens is 413 g/mol. The van der Waals surface area contributed by atoms with Crippen LogP contribution in [-0.2, 0) is 22.7 Å². The fourth-order valence-corrected chi connectivity index (χ4v) is 4.26. The van der Waals surface area contributed by atoms with E-state index in [0.717, 1.165) is 59.6 Å². The minimum Gasteiger partial charge on any atom is -0.359 e. The third-order valence-corrected chi connectivity index (χ3v) is 6.01. The van der Waals surface area contributed by atoms with Gasteiger partial charge in [0.25, 0.3) is 0 Å². The molecule has 2 radical (unpaired) electrons. The molecule has 1 aliphatic heterocycles. The van der Waals surface area contributed by atoms with Crippen LogP contribution in [0.2, 0.25) is 6.32 Å². The highest BCUT2D eigenvalue weighted by molar-refractivity contribution is 6.08. The molecule has 4 rings (SSSR count). The van der Waals surface area contributed by atoms with Crippen LogP contribution in [-0.4, -0.2) is 41.7 Å². The lowest BCUT2D eigenvalue weighted by atomic mass is 9.95. The van der Waals surface area contributed by atoms with Gasteiger partial charge in [-0.15, -0.1) is 5.10 Å². The fourth-order valence-electron chi connectivity index (χ4n) is 4.26. The van der Waals surface area contributed by atoms with Crippen LogP contribution in [0.5, 0.6) is 0 Å². The zero-order chi connectivity index (χ0) is 23.2. The maximum Gasteiger partial charge on any atom is 0.227 e. The van der Waals surface area contributed by atoms with Crippen molar-refractivity contribution < 1.29 is 9.59 Å². The molecule has 0 aliphatic carbocycles. The predicted octanol–water partition coefficient (Wildman–Crippen LogP) is 3.74. The Morgan fingerprint density at radius 1 is 1.00 bits per heavy atom. The Morgan fingerprint density at radius 2 is 1.76 bits per heavy atom. The second-order valence-corrected chi connectivity index (χ2v) is 8.19. The normalized spacial score (nSPS) is 12.2. The molecule has 2 amide bonds. The molecule has 0 saturated carbocycles. The summed E-state index contributed by atoms with van der Waals surface area (Å²) >= 11 is 0. The van der Waals surface area contributed by atoms with Crippen molar-refractivity contribution in [3.8, 4) is 22.5 Å². The molecule has 1 aromatic heterocycles. The molecule has 0 unspecified atom stereocenters. The van der Waals surface area contributed by atoms with Gasteiger partial charge in [0.2, 0.25) is 11.8 Å². The number of hydrogen-bond acceptors (Lipinski definition) is 4. The van der Waals surface area contributed by atoms with E-state index in [2.05, 4.69) is 15.6 Å². The predicted molar refractivity (Wildman–Crippen MR) is 130 cm³/mol. The molecule has 0 spiro atoms. The van der Waals surface area contributed by atoms with Gasteiger partial charge in [0, 0.05) is 37.6 Å². The number of carbonyl (C=O) groups is 2. The average molecular weight is 441 g/mol. The van der Waals surface area contributed by atoms with Crippen molar-refractivity contribution in [2.24, 2.45) is 0 Å². The van der Waals surface area contributed by atoms with Gasteiger partial charge in [-0.3, -0.25) is 9.59 Å². The van der Waals surface area contributed by atoms with Crippen LogP contribution < -0.4 is 10.2 Å². The first-order valence-electron chi connectivity index (χ1n) is 11.5. The number of para-hydroxylation sites is 1. The van der Waals surface area contributed by atoms with Crippen LogP contribution in [0.15, 0.2) is 48.5 Å². The van der Waals surface area contributed by atoms with Crippen LogP contribution in [0.25, 0.3) is 22.5 Å². The Morgan fingerprint density at radius 3 is 2.55 bits per heavy atom. The van der Waals surface area contributed by atoms with Crippen LogP contribution in [0.1, 0.15) is 37.7 Å². The third-order valence-electron chi connectivity index (χ3n) is 6.01. The molecule has 1 N–H and O–H groups in total. The Kier molecular flexibility index (Phi) is 7.22. The van der Waals surface area contributed by atoms with E-state index in [1.807, 2.05) is 53.2 Å². The summed E-state index contributed by atoms with van der Waals surface area (Å²) < 4.78 is 1.94. The Bertz CT molecular complexity index is 1140. The summed E-state index contributed by atoms with van der Waals surface area (Å²) in [5, 5.41) is 11.7. The maximum atomic E-state index is 13.3. The summed E-state index contributed by atoms with van der Waals surface area (Å²) in [5.41, 5.74) is 5.43. The average Bonchev–Trinajstić information content (AvgIpc) is 3.25.